The van der Waals surface area contributed by atoms with Crippen molar-refractivity contribution < 1.29 is 28.7 Å². The molecular weight excluding hydrogens is 753 g/mol. The zero-order valence-electron chi connectivity index (χ0n) is 37.6. The Morgan fingerprint density at radius 2 is 1.57 bits per heavy atom. The van der Waals surface area contributed by atoms with Gasteiger partial charge in [0, 0.05) is 45.4 Å². The number of methoxy groups -OCH3 is 2. The van der Waals surface area contributed by atoms with E-state index in [0.717, 1.165) is 23.4 Å². The van der Waals surface area contributed by atoms with Gasteiger partial charge in [-0.3, -0.25) is 24.1 Å². The summed E-state index contributed by atoms with van der Waals surface area (Å²) in [6.07, 6.45) is 4.18. The predicted molar refractivity (Wildman–Crippen MR) is 232 cm³/mol. The van der Waals surface area contributed by atoms with E-state index >= 15 is 0 Å². The number of likely N-dealkylation sites (tertiary alicyclic amines) is 1. The number of amides is 4. The summed E-state index contributed by atoms with van der Waals surface area (Å²) < 4.78 is 12.2. The van der Waals surface area contributed by atoms with Crippen molar-refractivity contribution in [2.45, 2.75) is 149 Å². The van der Waals surface area contributed by atoms with Gasteiger partial charge in [0.15, 0.2) is 0 Å². The second kappa shape index (κ2) is 23.4. The summed E-state index contributed by atoms with van der Waals surface area (Å²) in [6.45, 7) is 18.7. The fourth-order valence-electron chi connectivity index (χ4n) is 8.49. The number of carbonyl (C=O) groups is 4. The molecule has 0 unspecified atom stereocenters. The Balaban J connectivity index is 1.82. The molecule has 1 aliphatic heterocycles. The van der Waals surface area contributed by atoms with Crippen LogP contribution in [0.4, 0.5) is 0 Å². The minimum absolute atomic E-state index is 0.0121. The Kier molecular flexibility index (Phi) is 19.8. The van der Waals surface area contributed by atoms with Gasteiger partial charge in [-0.25, -0.2) is 4.98 Å². The van der Waals surface area contributed by atoms with E-state index in [1.165, 1.54) is 11.3 Å². The quantitative estimate of drug-likeness (QED) is 0.132. The van der Waals surface area contributed by atoms with Gasteiger partial charge in [-0.15, -0.1) is 11.3 Å². The molecule has 2 heterocycles. The maximum Gasteiger partial charge on any atom is 0.245 e. The van der Waals surface area contributed by atoms with Crippen LogP contribution in [0.5, 0.6) is 0 Å². The average Bonchev–Trinajstić information content (AvgIpc) is 3.93. The fraction of sp³-hybridized carbons (Fsp3) is 0.711. The van der Waals surface area contributed by atoms with E-state index in [0.29, 0.717) is 25.8 Å². The first-order valence-corrected chi connectivity index (χ1v) is 22.3. The minimum Gasteiger partial charge on any atom is -0.379 e. The molecule has 12 nitrogen and oxygen atoms in total. The van der Waals surface area contributed by atoms with Crippen molar-refractivity contribution in [1.29, 1.82) is 0 Å². The van der Waals surface area contributed by atoms with Crippen LogP contribution in [0.3, 0.4) is 0 Å². The summed E-state index contributed by atoms with van der Waals surface area (Å²) in [7, 11) is 6.91. The number of thiazole rings is 1. The number of nitrogens with one attached hydrogen (secondary N) is 2. The fourth-order valence-corrected chi connectivity index (χ4v) is 9.18. The van der Waals surface area contributed by atoms with Gasteiger partial charge in [0.1, 0.15) is 11.0 Å². The summed E-state index contributed by atoms with van der Waals surface area (Å²) >= 11 is 1.51. The normalized spacial score (nSPS) is 19.2. The maximum atomic E-state index is 14.6. The lowest BCUT2D eigenvalue weighted by Crippen LogP contribution is -2.60. The molecule has 1 saturated heterocycles. The van der Waals surface area contributed by atoms with Crippen LogP contribution in [0.1, 0.15) is 111 Å². The molecule has 10 atom stereocenters. The van der Waals surface area contributed by atoms with Crippen molar-refractivity contribution in [3.8, 4) is 0 Å². The number of hydrogen-bond acceptors (Lipinski definition) is 9. The topological polar surface area (TPSA) is 133 Å². The third kappa shape index (κ3) is 12.6. The van der Waals surface area contributed by atoms with E-state index in [-0.39, 0.29) is 65.9 Å². The first-order chi connectivity index (χ1) is 27.5. The van der Waals surface area contributed by atoms with E-state index in [9.17, 15) is 19.2 Å². The van der Waals surface area contributed by atoms with Gasteiger partial charge in [-0.2, -0.15) is 0 Å². The third-order valence-electron chi connectivity index (χ3n) is 12.5. The van der Waals surface area contributed by atoms with Gasteiger partial charge in [0.2, 0.25) is 23.6 Å². The van der Waals surface area contributed by atoms with Gasteiger partial charge in [0.05, 0.1) is 48.7 Å². The van der Waals surface area contributed by atoms with Crippen molar-refractivity contribution in [1.82, 2.24) is 30.3 Å². The second-order valence-electron chi connectivity index (χ2n) is 17.0. The highest BCUT2D eigenvalue weighted by molar-refractivity contribution is 7.09. The lowest BCUT2D eigenvalue weighted by Gasteiger charge is -2.41. The van der Waals surface area contributed by atoms with Gasteiger partial charge in [-0.1, -0.05) is 91.6 Å². The molecule has 0 spiro atoms. The Morgan fingerprint density at radius 3 is 2.10 bits per heavy atom. The molecule has 3 rings (SSSR count). The van der Waals surface area contributed by atoms with Crippen LogP contribution in [-0.4, -0.2) is 121 Å². The van der Waals surface area contributed by atoms with Crippen molar-refractivity contribution in [2.75, 3.05) is 34.9 Å². The Morgan fingerprint density at radius 1 is 0.914 bits per heavy atom. The SMILES string of the molecule is CC[C@H](C)[C@@H]([C@@H](CC(=O)N1CCC[C@H]1[C@H](OC)[C@@H](C)C(=O)N[C@@H](Cc1ccccc1)c1nccs1)OC)N(C)C(=O)[C@@H](NC(=O)[C@H](C(C)C)N(C)C(C)C)[C@@H](C)CC. The van der Waals surface area contributed by atoms with Gasteiger partial charge < -0.3 is 29.9 Å². The van der Waals surface area contributed by atoms with Crippen LogP contribution >= 0.6 is 11.3 Å². The summed E-state index contributed by atoms with van der Waals surface area (Å²) in [6, 6.07) is 7.98. The number of ether oxygens (including phenoxy) is 2. The molecule has 1 aromatic carbocycles. The molecule has 58 heavy (non-hydrogen) atoms. The molecule has 326 valence electrons. The zero-order valence-corrected chi connectivity index (χ0v) is 38.4. The number of hydrogen-bond donors (Lipinski definition) is 2. The highest BCUT2D eigenvalue weighted by atomic mass is 32.1. The van der Waals surface area contributed by atoms with Gasteiger partial charge in [-0.05, 0) is 63.5 Å². The summed E-state index contributed by atoms with van der Waals surface area (Å²) in [5.41, 5.74) is 1.09. The second-order valence-corrected chi connectivity index (χ2v) is 18.0. The summed E-state index contributed by atoms with van der Waals surface area (Å²) in [4.78, 5) is 66.9. The molecule has 13 heteroatoms. The Bertz CT molecular complexity index is 1560. The average molecular weight is 827 g/mol. The van der Waals surface area contributed by atoms with E-state index in [2.05, 4.69) is 48.2 Å². The molecule has 0 radical (unpaired) electrons. The minimum atomic E-state index is -0.745. The molecule has 2 aromatic rings. The number of carbonyl (C=O) groups excluding carboxylic acids is 4. The predicted octanol–water partition coefficient (Wildman–Crippen LogP) is 6.36. The number of nitrogens with zero attached hydrogens (tertiary/aromatic N) is 4. The molecule has 1 fully saturated rings. The zero-order chi connectivity index (χ0) is 43.3. The number of rotatable bonds is 23. The largest absolute Gasteiger partial charge is 0.379 e. The van der Waals surface area contributed by atoms with Crippen molar-refractivity contribution in [3.63, 3.8) is 0 Å². The Labute approximate surface area is 353 Å². The van der Waals surface area contributed by atoms with Crippen LogP contribution in [-0.2, 0) is 35.1 Å². The molecule has 1 aliphatic rings. The van der Waals surface area contributed by atoms with Crippen LogP contribution in [0.2, 0.25) is 0 Å². The van der Waals surface area contributed by atoms with E-state index in [1.807, 2.05) is 82.3 Å². The highest BCUT2D eigenvalue weighted by Gasteiger charge is 2.43. The molecule has 0 saturated carbocycles. The van der Waals surface area contributed by atoms with E-state index < -0.39 is 36.3 Å². The van der Waals surface area contributed by atoms with Crippen molar-refractivity contribution in [3.05, 3.63) is 52.5 Å². The molecule has 1 aromatic heterocycles. The van der Waals surface area contributed by atoms with E-state index in [1.54, 1.807) is 32.4 Å². The monoisotopic (exact) mass is 827 g/mol. The van der Waals surface area contributed by atoms with Gasteiger partial charge >= 0.3 is 0 Å². The number of benzene rings is 1. The first kappa shape index (κ1) is 49.0. The smallest absolute Gasteiger partial charge is 0.245 e. The standard InChI is InChI=1S/C45H74N6O6S/c1-14-30(7)38(48-43(54)39(28(3)4)49(10)29(5)6)45(55)50(11)40(31(8)15-2)36(56-12)27-37(52)51-24-19-22-35(51)41(57-13)32(9)42(53)47-34(44-46-23-25-58-44)26-33-20-17-16-18-21-33/h16-18,20-21,23,25,28-32,34-36,38-41H,14-15,19,22,24,26-27H2,1-13H3,(H,47,53)(H,48,54)/t30-,31-,32+,34-,35-,36+,38-,39-,40-,41+/m0/s1. The first-order valence-electron chi connectivity index (χ1n) is 21.4. The molecular formula is C45H74N6O6S. The Hall–Kier alpha value is -3.39. The lowest BCUT2D eigenvalue weighted by molar-refractivity contribution is -0.148. The lowest BCUT2D eigenvalue weighted by atomic mass is 9.88. The summed E-state index contributed by atoms with van der Waals surface area (Å²) in [5.74, 6) is -1.28. The molecule has 4 amide bonds. The summed E-state index contributed by atoms with van der Waals surface area (Å²) in [5, 5.41) is 9.14. The van der Waals surface area contributed by atoms with Crippen molar-refractivity contribution >= 4 is 35.0 Å². The van der Waals surface area contributed by atoms with Crippen molar-refractivity contribution in [2.24, 2.45) is 23.7 Å². The molecule has 0 aliphatic carbocycles. The van der Waals surface area contributed by atoms with Crippen LogP contribution in [0.25, 0.3) is 0 Å². The van der Waals surface area contributed by atoms with Crippen LogP contribution < -0.4 is 10.6 Å². The van der Waals surface area contributed by atoms with Gasteiger partial charge in [0.25, 0.3) is 0 Å². The number of aromatic nitrogens is 1. The highest BCUT2D eigenvalue weighted by Crippen LogP contribution is 2.31. The third-order valence-corrected chi connectivity index (χ3v) is 13.4. The van der Waals surface area contributed by atoms with Crippen LogP contribution in [0, 0.1) is 23.7 Å². The van der Waals surface area contributed by atoms with Crippen LogP contribution in [0.15, 0.2) is 41.9 Å². The van der Waals surface area contributed by atoms with E-state index in [4.69, 9.17) is 9.47 Å². The maximum absolute atomic E-state index is 14.6. The molecule has 2 N–H and O–H groups in total. The number of likely N-dealkylation sites (N-methyl/N-ethyl adjacent to an activating group) is 2. The molecule has 0 bridgehead atoms.